The Morgan fingerprint density at radius 2 is 1.74 bits per heavy atom. The normalized spacial score (nSPS) is 20.3. The Bertz CT molecular complexity index is 1110. The quantitative estimate of drug-likeness (QED) is 0.303. The number of nitrogens with zero attached hydrogens (tertiary/aromatic N) is 1. The molecule has 6 nitrogen and oxygen atoms in total. The van der Waals surface area contributed by atoms with Gasteiger partial charge in [0.2, 0.25) is 11.8 Å². The lowest BCUT2D eigenvalue weighted by Gasteiger charge is -2.18. The third-order valence-electron chi connectivity index (χ3n) is 5.66. The van der Waals surface area contributed by atoms with Gasteiger partial charge in [-0.05, 0) is 62.2 Å². The molecule has 7 heteroatoms. The standard InChI is InChI=1S/C24H20ClNO5/c1-14-5-10-19-20(11-14)23(29)26(22(19)28)18-4-2-3-16(12-18)24(30)31-13-21(27)15-6-8-17(25)9-7-15/h2-9,12,19-20H,10-11,13H2,1H3. The van der Waals surface area contributed by atoms with E-state index in [2.05, 4.69) is 0 Å². The van der Waals surface area contributed by atoms with E-state index in [1.165, 1.54) is 12.1 Å². The Morgan fingerprint density at radius 1 is 1.03 bits per heavy atom. The third kappa shape index (κ3) is 4.16. The van der Waals surface area contributed by atoms with Crippen LogP contribution in [0.1, 0.15) is 40.5 Å². The van der Waals surface area contributed by atoms with Crippen molar-refractivity contribution in [3.63, 3.8) is 0 Å². The number of benzene rings is 2. The molecule has 0 N–H and O–H groups in total. The number of anilines is 1. The number of amides is 2. The van der Waals surface area contributed by atoms with Crippen LogP contribution in [0.2, 0.25) is 5.02 Å². The molecule has 2 unspecified atom stereocenters. The molecule has 0 saturated carbocycles. The maximum absolute atomic E-state index is 12.9. The second-order valence-corrected chi connectivity index (χ2v) is 8.21. The van der Waals surface area contributed by atoms with E-state index >= 15 is 0 Å². The smallest absolute Gasteiger partial charge is 0.338 e. The van der Waals surface area contributed by atoms with Crippen LogP contribution in [0.3, 0.4) is 0 Å². The number of carbonyl (C=O) groups excluding carboxylic acids is 4. The first kappa shape index (κ1) is 21.0. The van der Waals surface area contributed by atoms with Crippen molar-refractivity contribution >= 4 is 40.9 Å². The van der Waals surface area contributed by atoms with E-state index < -0.39 is 12.6 Å². The lowest BCUT2D eigenvalue weighted by Crippen LogP contribution is -2.31. The van der Waals surface area contributed by atoms with Crippen molar-refractivity contribution in [1.82, 2.24) is 0 Å². The summed E-state index contributed by atoms with van der Waals surface area (Å²) in [6.45, 7) is 1.53. The molecule has 1 fully saturated rings. The highest BCUT2D eigenvalue weighted by Gasteiger charge is 2.48. The number of hydrogen-bond acceptors (Lipinski definition) is 5. The summed E-state index contributed by atoms with van der Waals surface area (Å²) in [5.41, 5.74) is 1.98. The predicted octanol–water partition coefficient (Wildman–Crippen LogP) is 4.23. The topological polar surface area (TPSA) is 80.8 Å². The minimum absolute atomic E-state index is 0.159. The van der Waals surface area contributed by atoms with E-state index in [4.69, 9.17) is 16.3 Å². The Balaban J connectivity index is 1.46. The lowest BCUT2D eigenvalue weighted by molar-refractivity contribution is -0.122. The van der Waals surface area contributed by atoms with Crippen LogP contribution in [-0.4, -0.2) is 30.2 Å². The van der Waals surface area contributed by atoms with Crippen molar-refractivity contribution in [2.75, 3.05) is 11.5 Å². The Hall–Kier alpha value is -3.25. The second kappa shape index (κ2) is 8.47. The molecule has 2 atom stereocenters. The number of Topliss-reactive ketones (excluding diaryl/α,β-unsaturated/α-hetero) is 1. The maximum atomic E-state index is 12.9. The van der Waals surface area contributed by atoms with Crippen LogP contribution < -0.4 is 4.90 Å². The zero-order chi connectivity index (χ0) is 22.1. The summed E-state index contributed by atoms with van der Waals surface area (Å²) in [7, 11) is 0. The molecule has 0 spiro atoms. The summed E-state index contributed by atoms with van der Waals surface area (Å²) < 4.78 is 5.14. The fourth-order valence-electron chi connectivity index (χ4n) is 4.00. The van der Waals surface area contributed by atoms with Gasteiger partial charge in [-0.2, -0.15) is 0 Å². The van der Waals surface area contributed by atoms with Gasteiger partial charge in [0.1, 0.15) is 0 Å². The van der Waals surface area contributed by atoms with Crippen LogP contribution >= 0.6 is 11.6 Å². The van der Waals surface area contributed by atoms with Gasteiger partial charge in [0, 0.05) is 10.6 Å². The van der Waals surface area contributed by atoms with Gasteiger partial charge in [0.15, 0.2) is 12.4 Å². The summed E-state index contributed by atoms with van der Waals surface area (Å²) >= 11 is 5.81. The summed E-state index contributed by atoms with van der Waals surface area (Å²) in [4.78, 5) is 51.6. The van der Waals surface area contributed by atoms with Crippen molar-refractivity contribution < 1.29 is 23.9 Å². The highest BCUT2D eigenvalue weighted by molar-refractivity contribution is 6.30. The van der Waals surface area contributed by atoms with Crippen molar-refractivity contribution in [3.8, 4) is 0 Å². The van der Waals surface area contributed by atoms with Gasteiger partial charge < -0.3 is 4.74 Å². The van der Waals surface area contributed by atoms with Gasteiger partial charge in [0.25, 0.3) is 0 Å². The number of carbonyl (C=O) groups is 4. The Kier molecular flexibility index (Phi) is 5.74. The van der Waals surface area contributed by atoms with Crippen LogP contribution in [0, 0.1) is 11.8 Å². The highest BCUT2D eigenvalue weighted by atomic mass is 35.5. The zero-order valence-corrected chi connectivity index (χ0v) is 17.6. The Labute approximate surface area is 184 Å². The molecular weight excluding hydrogens is 418 g/mol. The molecule has 2 aliphatic rings. The van der Waals surface area contributed by atoms with Gasteiger partial charge >= 0.3 is 5.97 Å². The minimum atomic E-state index is -0.710. The molecule has 158 valence electrons. The van der Waals surface area contributed by atoms with E-state index in [0.29, 0.717) is 29.1 Å². The van der Waals surface area contributed by atoms with Gasteiger partial charge in [0.05, 0.1) is 23.1 Å². The highest BCUT2D eigenvalue weighted by Crippen LogP contribution is 2.39. The summed E-state index contributed by atoms with van der Waals surface area (Å²) in [6, 6.07) is 12.4. The van der Waals surface area contributed by atoms with Gasteiger partial charge in [-0.1, -0.05) is 29.3 Å². The molecule has 2 amide bonds. The first-order valence-corrected chi connectivity index (χ1v) is 10.3. The maximum Gasteiger partial charge on any atom is 0.338 e. The van der Waals surface area contributed by atoms with Crippen LogP contribution in [0.4, 0.5) is 5.69 Å². The summed E-state index contributed by atoms with van der Waals surface area (Å²) in [5.74, 6) is -2.28. The van der Waals surface area contributed by atoms with Gasteiger partial charge in [-0.25, -0.2) is 4.79 Å². The number of imide groups is 1. The number of hydrogen-bond donors (Lipinski definition) is 0. The molecule has 4 rings (SSSR count). The molecule has 31 heavy (non-hydrogen) atoms. The predicted molar refractivity (Wildman–Crippen MR) is 115 cm³/mol. The number of fused-ring (bicyclic) bond motifs is 1. The van der Waals surface area contributed by atoms with Crippen molar-refractivity contribution in [1.29, 1.82) is 0 Å². The minimum Gasteiger partial charge on any atom is -0.454 e. The molecule has 1 aliphatic carbocycles. The fourth-order valence-corrected chi connectivity index (χ4v) is 4.12. The molecule has 0 radical (unpaired) electrons. The molecule has 2 aromatic rings. The van der Waals surface area contributed by atoms with Crippen LogP contribution in [0.5, 0.6) is 0 Å². The SMILES string of the molecule is CC1=CCC2C(=O)N(c3cccc(C(=O)OCC(=O)c4ccc(Cl)cc4)c3)C(=O)C2C1. The van der Waals surface area contributed by atoms with Crippen molar-refractivity contribution in [2.24, 2.45) is 11.8 Å². The number of ketones is 1. The monoisotopic (exact) mass is 437 g/mol. The fraction of sp³-hybridized carbons (Fsp3) is 0.250. The third-order valence-corrected chi connectivity index (χ3v) is 5.92. The molecule has 1 saturated heterocycles. The number of halogens is 1. The van der Waals surface area contributed by atoms with Crippen LogP contribution in [0.25, 0.3) is 0 Å². The van der Waals surface area contributed by atoms with Crippen molar-refractivity contribution in [2.45, 2.75) is 19.8 Å². The number of ether oxygens (including phenoxy) is 1. The van der Waals surface area contributed by atoms with E-state index in [1.807, 2.05) is 13.0 Å². The lowest BCUT2D eigenvalue weighted by atomic mass is 9.82. The molecule has 1 aliphatic heterocycles. The van der Waals surface area contributed by atoms with E-state index in [0.717, 1.165) is 10.5 Å². The largest absolute Gasteiger partial charge is 0.454 e. The van der Waals surface area contributed by atoms with E-state index in [9.17, 15) is 19.2 Å². The number of allylic oxidation sites excluding steroid dienone is 2. The van der Waals surface area contributed by atoms with Crippen LogP contribution in [0.15, 0.2) is 60.2 Å². The molecule has 2 aromatic carbocycles. The van der Waals surface area contributed by atoms with Gasteiger partial charge in [-0.3, -0.25) is 19.3 Å². The van der Waals surface area contributed by atoms with Crippen molar-refractivity contribution in [3.05, 3.63) is 76.3 Å². The molecule has 0 aromatic heterocycles. The number of rotatable bonds is 5. The first-order chi connectivity index (χ1) is 14.8. The average Bonchev–Trinajstić information content (AvgIpc) is 3.01. The molecular formula is C24H20ClNO5. The Morgan fingerprint density at radius 3 is 2.48 bits per heavy atom. The van der Waals surface area contributed by atoms with E-state index in [1.54, 1.807) is 36.4 Å². The molecule has 1 heterocycles. The number of esters is 1. The van der Waals surface area contributed by atoms with Crippen LogP contribution in [-0.2, 0) is 14.3 Å². The van der Waals surface area contributed by atoms with E-state index in [-0.39, 0.29) is 35.0 Å². The molecule has 0 bridgehead atoms. The summed E-state index contributed by atoms with van der Waals surface area (Å²) in [6.07, 6.45) is 3.12. The zero-order valence-electron chi connectivity index (χ0n) is 16.8. The second-order valence-electron chi connectivity index (χ2n) is 7.77. The average molecular weight is 438 g/mol. The first-order valence-electron chi connectivity index (χ1n) is 9.94. The summed E-state index contributed by atoms with van der Waals surface area (Å²) in [5, 5.41) is 0.502. The van der Waals surface area contributed by atoms with Gasteiger partial charge in [-0.15, -0.1) is 0 Å².